The summed E-state index contributed by atoms with van der Waals surface area (Å²) < 4.78 is 44.0. The summed E-state index contributed by atoms with van der Waals surface area (Å²) in [5, 5.41) is 11.6. The quantitative estimate of drug-likeness (QED) is 0.601. The molecular formula is C21H14F3NO4. The van der Waals surface area contributed by atoms with Crippen LogP contribution in [0.4, 0.5) is 13.2 Å². The number of halogens is 3. The topological polar surface area (TPSA) is 79.5 Å². The Bertz CT molecular complexity index is 1070. The van der Waals surface area contributed by atoms with E-state index in [4.69, 9.17) is 4.42 Å². The van der Waals surface area contributed by atoms with Crippen molar-refractivity contribution in [2.75, 3.05) is 0 Å². The normalized spacial score (nSPS) is 11.9. The highest BCUT2D eigenvalue weighted by atomic mass is 19.4. The average molecular weight is 401 g/mol. The average Bonchev–Trinajstić information content (AvgIpc) is 3.16. The molecule has 2 N–H and O–H groups in total. The van der Waals surface area contributed by atoms with E-state index < -0.39 is 29.3 Å². The highest BCUT2D eigenvalue weighted by Crippen LogP contribution is 2.32. The summed E-state index contributed by atoms with van der Waals surface area (Å²) in [7, 11) is 0. The van der Waals surface area contributed by atoms with Gasteiger partial charge in [0.15, 0.2) is 0 Å². The summed E-state index contributed by atoms with van der Waals surface area (Å²) in [5.74, 6) is -1.83. The number of carboxylic acid groups (broad SMARTS) is 1. The van der Waals surface area contributed by atoms with Crippen molar-refractivity contribution in [3.05, 3.63) is 89.3 Å². The van der Waals surface area contributed by atoms with Crippen molar-refractivity contribution in [3.63, 3.8) is 0 Å². The van der Waals surface area contributed by atoms with E-state index in [0.717, 1.165) is 18.2 Å². The predicted molar refractivity (Wildman–Crippen MR) is 98.7 cm³/mol. The van der Waals surface area contributed by atoms with Crippen LogP contribution in [0.25, 0.3) is 17.4 Å². The van der Waals surface area contributed by atoms with Gasteiger partial charge in [0, 0.05) is 17.2 Å². The molecule has 3 aromatic rings. The minimum absolute atomic E-state index is 0.0585. The number of carbonyl (C=O) groups is 2. The number of amides is 1. The molecule has 0 unspecified atom stereocenters. The van der Waals surface area contributed by atoms with E-state index in [1.807, 2.05) is 0 Å². The maximum Gasteiger partial charge on any atom is 0.416 e. The Morgan fingerprint density at radius 1 is 0.966 bits per heavy atom. The molecule has 0 radical (unpaired) electrons. The molecule has 0 saturated heterocycles. The first-order valence-electron chi connectivity index (χ1n) is 8.33. The fraction of sp³-hybridized carbons (Fsp3) is 0.0476. The van der Waals surface area contributed by atoms with Crippen LogP contribution in [0.1, 0.15) is 21.7 Å². The summed E-state index contributed by atoms with van der Waals surface area (Å²) >= 11 is 0. The number of hydrogen-bond acceptors (Lipinski definition) is 3. The molecule has 0 bridgehead atoms. The third-order valence-electron chi connectivity index (χ3n) is 3.90. The number of nitrogens with one attached hydrogen (secondary N) is 1. The van der Waals surface area contributed by atoms with Gasteiger partial charge in [0.2, 0.25) is 0 Å². The van der Waals surface area contributed by atoms with Gasteiger partial charge >= 0.3 is 12.1 Å². The van der Waals surface area contributed by atoms with E-state index in [1.165, 1.54) is 36.4 Å². The van der Waals surface area contributed by atoms with E-state index in [9.17, 15) is 27.9 Å². The number of aliphatic carboxylic acids is 1. The zero-order valence-corrected chi connectivity index (χ0v) is 14.7. The lowest BCUT2D eigenvalue weighted by Gasteiger charge is -2.07. The second-order valence-corrected chi connectivity index (χ2v) is 5.96. The van der Waals surface area contributed by atoms with Gasteiger partial charge < -0.3 is 14.8 Å². The Hall–Kier alpha value is -3.81. The van der Waals surface area contributed by atoms with Crippen LogP contribution in [0.5, 0.6) is 0 Å². The molecule has 0 aliphatic heterocycles. The van der Waals surface area contributed by atoms with Gasteiger partial charge in [0.1, 0.15) is 17.2 Å². The second-order valence-electron chi connectivity index (χ2n) is 5.96. The molecule has 148 valence electrons. The summed E-state index contributed by atoms with van der Waals surface area (Å²) in [4.78, 5) is 23.6. The minimum atomic E-state index is -4.50. The molecule has 8 heteroatoms. The van der Waals surface area contributed by atoms with Crippen molar-refractivity contribution in [1.82, 2.24) is 5.32 Å². The van der Waals surface area contributed by atoms with E-state index in [0.29, 0.717) is 0 Å². The van der Waals surface area contributed by atoms with Gasteiger partial charge in [-0.3, -0.25) is 4.79 Å². The van der Waals surface area contributed by atoms with Crippen LogP contribution in [0.2, 0.25) is 0 Å². The Labute approximate surface area is 163 Å². The zero-order chi connectivity index (χ0) is 21.0. The number of furan rings is 1. The third-order valence-corrected chi connectivity index (χ3v) is 3.90. The molecular weight excluding hydrogens is 387 g/mol. The van der Waals surface area contributed by atoms with Crippen LogP contribution >= 0.6 is 0 Å². The van der Waals surface area contributed by atoms with Crippen LogP contribution in [-0.2, 0) is 11.0 Å². The summed E-state index contributed by atoms with van der Waals surface area (Å²) in [6.45, 7) is 0. The number of benzene rings is 2. The van der Waals surface area contributed by atoms with E-state index in [1.54, 1.807) is 18.2 Å². The molecule has 0 atom stereocenters. The van der Waals surface area contributed by atoms with Gasteiger partial charge in [-0.05, 0) is 36.4 Å². The van der Waals surface area contributed by atoms with Gasteiger partial charge in [-0.2, -0.15) is 13.2 Å². The summed E-state index contributed by atoms with van der Waals surface area (Å²) in [6.07, 6.45) is -3.41. The maximum atomic E-state index is 12.9. The van der Waals surface area contributed by atoms with Gasteiger partial charge in [-0.15, -0.1) is 0 Å². The standard InChI is InChI=1S/C21H14F3NO4/c22-21(23,24)15-8-4-7-14(11-15)18-10-9-16(29-18)12-17(20(27)28)25-19(26)13-5-2-1-3-6-13/h1-12H,(H,25,26)(H,27,28)/b17-12-. The monoisotopic (exact) mass is 401 g/mol. The first kappa shape index (κ1) is 19.9. The Morgan fingerprint density at radius 3 is 2.34 bits per heavy atom. The van der Waals surface area contributed by atoms with Crippen molar-refractivity contribution in [3.8, 4) is 11.3 Å². The first-order valence-corrected chi connectivity index (χ1v) is 8.33. The van der Waals surface area contributed by atoms with Crippen LogP contribution in [0.15, 0.2) is 76.8 Å². The van der Waals surface area contributed by atoms with Crippen molar-refractivity contribution < 1.29 is 32.3 Å². The van der Waals surface area contributed by atoms with Gasteiger partial charge in [0.05, 0.1) is 5.56 Å². The molecule has 2 aromatic carbocycles. The lowest BCUT2D eigenvalue weighted by atomic mass is 10.1. The molecule has 0 aliphatic carbocycles. The molecule has 5 nitrogen and oxygen atoms in total. The summed E-state index contributed by atoms with van der Waals surface area (Å²) in [5.41, 5.74) is -0.818. The van der Waals surface area contributed by atoms with Gasteiger partial charge in [0.25, 0.3) is 5.91 Å². The molecule has 1 heterocycles. The van der Waals surface area contributed by atoms with Crippen molar-refractivity contribution in [2.45, 2.75) is 6.18 Å². The van der Waals surface area contributed by atoms with E-state index in [2.05, 4.69) is 5.32 Å². The fourth-order valence-electron chi connectivity index (χ4n) is 2.51. The second kappa shape index (κ2) is 8.05. The molecule has 0 saturated carbocycles. The molecule has 0 spiro atoms. The smallest absolute Gasteiger partial charge is 0.416 e. The molecule has 1 aromatic heterocycles. The number of carboxylic acids is 1. The molecule has 0 aliphatic rings. The molecule has 0 fully saturated rings. The lowest BCUT2D eigenvalue weighted by molar-refractivity contribution is -0.137. The van der Waals surface area contributed by atoms with Crippen LogP contribution in [0, 0.1) is 0 Å². The van der Waals surface area contributed by atoms with E-state index >= 15 is 0 Å². The highest BCUT2D eigenvalue weighted by molar-refractivity contribution is 6.02. The largest absolute Gasteiger partial charge is 0.477 e. The maximum absolute atomic E-state index is 12.9. The van der Waals surface area contributed by atoms with Crippen LogP contribution in [0.3, 0.4) is 0 Å². The highest BCUT2D eigenvalue weighted by Gasteiger charge is 2.30. The van der Waals surface area contributed by atoms with Crippen molar-refractivity contribution >= 4 is 18.0 Å². The summed E-state index contributed by atoms with van der Waals surface area (Å²) in [6, 6.07) is 15.4. The zero-order valence-electron chi connectivity index (χ0n) is 14.7. The fourth-order valence-corrected chi connectivity index (χ4v) is 2.51. The number of rotatable bonds is 5. The first-order chi connectivity index (χ1) is 13.7. The molecule has 3 rings (SSSR count). The SMILES string of the molecule is O=C(O)/C(=C/c1ccc(-c2cccc(C(F)(F)F)c2)o1)NC(=O)c1ccccc1. The van der Waals surface area contributed by atoms with E-state index in [-0.39, 0.29) is 22.6 Å². The van der Waals surface area contributed by atoms with Crippen molar-refractivity contribution in [1.29, 1.82) is 0 Å². The predicted octanol–water partition coefficient (Wildman–Crippen LogP) is 4.82. The number of alkyl halides is 3. The van der Waals surface area contributed by atoms with Crippen LogP contribution in [-0.4, -0.2) is 17.0 Å². The lowest BCUT2D eigenvalue weighted by Crippen LogP contribution is -2.27. The number of hydrogen-bond donors (Lipinski definition) is 2. The molecule has 1 amide bonds. The van der Waals surface area contributed by atoms with Gasteiger partial charge in [-0.25, -0.2) is 4.79 Å². The Morgan fingerprint density at radius 2 is 1.69 bits per heavy atom. The third kappa shape index (κ3) is 4.92. The molecule has 29 heavy (non-hydrogen) atoms. The number of carbonyl (C=O) groups excluding carboxylic acids is 1. The Balaban J connectivity index is 1.85. The minimum Gasteiger partial charge on any atom is -0.477 e. The van der Waals surface area contributed by atoms with Crippen molar-refractivity contribution in [2.24, 2.45) is 0 Å². The Kier molecular flexibility index (Phi) is 5.54. The van der Waals surface area contributed by atoms with Gasteiger partial charge in [-0.1, -0.05) is 30.3 Å². The van der Waals surface area contributed by atoms with Crippen LogP contribution < -0.4 is 5.32 Å².